The van der Waals surface area contributed by atoms with Gasteiger partial charge in [0.2, 0.25) is 0 Å². The van der Waals surface area contributed by atoms with E-state index in [1.54, 1.807) is 0 Å². The Labute approximate surface area is 91.6 Å². The molecular weight excluding hydrogens is 190 g/mol. The molecule has 1 saturated carbocycles. The molecule has 0 amide bonds. The van der Waals surface area contributed by atoms with Gasteiger partial charge in [0.05, 0.1) is 5.41 Å². The van der Waals surface area contributed by atoms with Gasteiger partial charge in [-0.25, -0.2) is 0 Å². The number of esters is 1. The van der Waals surface area contributed by atoms with Gasteiger partial charge < -0.3 is 10.1 Å². The molecule has 2 aliphatic rings. The topological polar surface area (TPSA) is 38.3 Å². The van der Waals surface area contributed by atoms with Gasteiger partial charge in [0.1, 0.15) is 5.60 Å². The second kappa shape index (κ2) is 3.48. The van der Waals surface area contributed by atoms with Crippen molar-refractivity contribution >= 4 is 5.97 Å². The number of ether oxygens (including phenoxy) is 1. The zero-order chi connectivity index (χ0) is 11.1. The van der Waals surface area contributed by atoms with Crippen molar-refractivity contribution in [2.45, 2.75) is 45.6 Å². The maximum absolute atomic E-state index is 12.2. The standard InChI is InChI=1S/C12H21NO2/c1-11(2,3)15-10(14)12-6-4-5-9(12)7-13-8-12/h9,13H,4-8H2,1-3H3. The molecule has 86 valence electrons. The highest BCUT2D eigenvalue weighted by Crippen LogP contribution is 2.47. The number of nitrogens with one attached hydrogen (secondary N) is 1. The predicted molar refractivity (Wildman–Crippen MR) is 58.5 cm³/mol. The summed E-state index contributed by atoms with van der Waals surface area (Å²) in [6, 6.07) is 0. The Morgan fingerprint density at radius 2 is 2.20 bits per heavy atom. The minimum absolute atomic E-state index is 0.0162. The van der Waals surface area contributed by atoms with E-state index in [0.29, 0.717) is 5.92 Å². The smallest absolute Gasteiger partial charge is 0.314 e. The fourth-order valence-corrected chi connectivity index (χ4v) is 2.86. The van der Waals surface area contributed by atoms with Gasteiger partial charge in [-0.05, 0) is 46.1 Å². The summed E-state index contributed by atoms with van der Waals surface area (Å²) in [6.45, 7) is 7.61. The van der Waals surface area contributed by atoms with E-state index in [2.05, 4.69) is 5.32 Å². The lowest BCUT2D eigenvalue weighted by atomic mass is 9.80. The van der Waals surface area contributed by atoms with Crippen LogP contribution in [0.25, 0.3) is 0 Å². The van der Waals surface area contributed by atoms with Gasteiger partial charge in [-0.1, -0.05) is 6.42 Å². The van der Waals surface area contributed by atoms with Crippen LogP contribution >= 0.6 is 0 Å². The summed E-state index contributed by atoms with van der Waals surface area (Å²) >= 11 is 0. The molecule has 1 heterocycles. The van der Waals surface area contributed by atoms with E-state index in [9.17, 15) is 4.79 Å². The highest BCUT2D eigenvalue weighted by atomic mass is 16.6. The average Bonchev–Trinajstić information content (AvgIpc) is 2.55. The van der Waals surface area contributed by atoms with Crippen LogP contribution in [0.4, 0.5) is 0 Å². The van der Waals surface area contributed by atoms with Crippen LogP contribution in [0.5, 0.6) is 0 Å². The Bertz CT molecular complexity index is 257. The summed E-state index contributed by atoms with van der Waals surface area (Å²) in [4.78, 5) is 12.2. The SMILES string of the molecule is CC(C)(C)OC(=O)C12CCCC1CNC2. The van der Waals surface area contributed by atoms with Crippen LogP contribution < -0.4 is 5.32 Å². The van der Waals surface area contributed by atoms with E-state index in [4.69, 9.17) is 4.74 Å². The fraction of sp³-hybridized carbons (Fsp3) is 0.917. The van der Waals surface area contributed by atoms with E-state index < -0.39 is 0 Å². The highest BCUT2D eigenvalue weighted by Gasteiger charge is 2.53. The Kier molecular flexibility index (Phi) is 2.53. The van der Waals surface area contributed by atoms with Crippen molar-refractivity contribution < 1.29 is 9.53 Å². The Morgan fingerprint density at radius 3 is 2.87 bits per heavy atom. The van der Waals surface area contributed by atoms with Crippen LogP contribution in [0.2, 0.25) is 0 Å². The highest BCUT2D eigenvalue weighted by molar-refractivity contribution is 5.79. The Hall–Kier alpha value is -0.570. The van der Waals surface area contributed by atoms with Crippen LogP contribution in [0.15, 0.2) is 0 Å². The van der Waals surface area contributed by atoms with Crippen molar-refractivity contribution in [3.05, 3.63) is 0 Å². The molecule has 0 spiro atoms. The minimum Gasteiger partial charge on any atom is -0.459 e. The van der Waals surface area contributed by atoms with E-state index in [1.807, 2.05) is 20.8 Å². The largest absolute Gasteiger partial charge is 0.459 e. The molecule has 0 bridgehead atoms. The van der Waals surface area contributed by atoms with Gasteiger partial charge in [0.25, 0.3) is 0 Å². The molecule has 2 atom stereocenters. The molecule has 15 heavy (non-hydrogen) atoms. The van der Waals surface area contributed by atoms with Crippen molar-refractivity contribution in [1.29, 1.82) is 0 Å². The molecule has 0 radical (unpaired) electrons. The van der Waals surface area contributed by atoms with Crippen molar-refractivity contribution in [3.8, 4) is 0 Å². The average molecular weight is 211 g/mol. The minimum atomic E-state index is -0.360. The summed E-state index contributed by atoms with van der Waals surface area (Å²) in [5.74, 6) is 0.523. The fourth-order valence-electron chi connectivity index (χ4n) is 2.86. The number of carbonyl (C=O) groups excluding carboxylic acids is 1. The third-order valence-corrected chi connectivity index (χ3v) is 3.59. The molecule has 1 N–H and O–H groups in total. The van der Waals surface area contributed by atoms with Gasteiger partial charge in [0.15, 0.2) is 0 Å². The molecule has 2 rings (SSSR count). The number of hydrogen-bond donors (Lipinski definition) is 1. The molecule has 3 nitrogen and oxygen atoms in total. The second-order valence-corrected chi connectivity index (χ2v) is 5.88. The van der Waals surface area contributed by atoms with E-state index in [0.717, 1.165) is 19.5 Å². The van der Waals surface area contributed by atoms with Gasteiger partial charge in [0, 0.05) is 6.54 Å². The zero-order valence-corrected chi connectivity index (χ0v) is 9.93. The quantitative estimate of drug-likeness (QED) is 0.671. The molecule has 1 aliphatic heterocycles. The summed E-state index contributed by atoms with van der Waals surface area (Å²) in [7, 11) is 0. The molecule has 1 aliphatic carbocycles. The molecular formula is C12H21NO2. The third-order valence-electron chi connectivity index (χ3n) is 3.59. The van der Waals surface area contributed by atoms with Gasteiger partial charge >= 0.3 is 5.97 Å². The Morgan fingerprint density at radius 1 is 1.47 bits per heavy atom. The van der Waals surface area contributed by atoms with Crippen molar-refractivity contribution in [1.82, 2.24) is 5.32 Å². The van der Waals surface area contributed by atoms with Gasteiger partial charge in [-0.2, -0.15) is 0 Å². The van der Waals surface area contributed by atoms with Gasteiger partial charge in [-0.3, -0.25) is 4.79 Å². The first kappa shape index (κ1) is 10.9. The van der Waals surface area contributed by atoms with Crippen molar-refractivity contribution in [3.63, 3.8) is 0 Å². The number of hydrogen-bond acceptors (Lipinski definition) is 3. The molecule has 1 saturated heterocycles. The monoisotopic (exact) mass is 211 g/mol. The summed E-state index contributed by atoms with van der Waals surface area (Å²) in [5, 5.41) is 3.33. The first-order valence-electron chi connectivity index (χ1n) is 5.88. The van der Waals surface area contributed by atoms with Crippen LogP contribution in [0, 0.1) is 11.3 Å². The van der Waals surface area contributed by atoms with Crippen LogP contribution in [-0.4, -0.2) is 24.7 Å². The van der Waals surface area contributed by atoms with E-state index in [-0.39, 0.29) is 17.0 Å². The normalized spacial score (nSPS) is 35.3. The maximum atomic E-state index is 12.2. The first-order valence-corrected chi connectivity index (χ1v) is 5.88. The molecule has 2 unspecified atom stereocenters. The van der Waals surface area contributed by atoms with E-state index in [1.165, 1.54) is 12.8 Å². The van der Waals surface area contributed by atoms with Crippen molar-refractivity contribution in [2.24, 2.45) is 11.3 Å². The van der Waals surface area contributed by atoms with E-state index >= 15 is 0 Å². The second-order valence-electron chi connectivity index (χ2n) is 5.88. The number of fused-ring (bicyclic) bond motifs is 1. The van der Waals surface area contributed by atoms with Crippen LogP contribution in [0.3, 0.4) is 0 Å². The zero-order valence-electron chi connectivity index (χ0n) is 9.93. The molecule has 2 fully saturated rings. The maximum Gasteiger partial charge on any atom is 0.314 e. The summed E-state index contributed by atoms with van der Waals surface area (Å²) in [5.41, 5.74) is -0.561. The van der Waals surface area contributed by atoms with Crippen molar-refractivity contribution in [2.75, 3.05) is 13.1 Å². The molecule has 0 aromatic heterocycles. The third kappa shape index (κ3) is 1.89. The lowest BCUT2D eigenvalue weighted by Crippen LogP contribution is -2.40. The van der Waals surface area contributed by atoms with Crippen LogP contribution in [0.1, 0.15) is 40.0 Å². The number of rotatable bonds is 1. The summed E-state index contributed by atoms with van der Waals surface area (Å²) in [6.07, 6.45) is 3.34. The van der Waals surface area contributed by atoms with Gasteiger partial charge in [-0.15, -0.1) is 0 Å². The lowest BCUT2D eigenvalue weighted by Gasteiger charge is -2.30. The molecule has 3 heteroatoms. The lowest BCUT2D eigenvalue weighted by molar-refractivity contribution is -0.168. The predicted octanol–water partition coefficient (Wildman–Crippen LogP) is 1.72. The summed E-state index contributed by atoms with van der Waals surface area (Å²) < 4.78 is 5.55. The Balaban J connectivity index is 2.11. The number of carbonyl (C=O) groups is 1. The molecule has 0 aromatic rings. The van der Waals surface area contributed by atoms with Crippen LogP contribution in [-0.2, 0) is 9.53 Å². The first-order chi connectivity index (χ1) is 6.94. The molecule has 0 aromatic carbocycles.